The van der Waals surface area contributed by atoms with E-state index in [-0.39, 0.29) is 0 Å². The quantitative estimate of drug-likeness (QED) is 0.173. The lowest BCUT2D eigenvalue weighted by molar-refractivity contribution is 0.669. The molecule has 236 valence electrons. The van der Waals surface area contributed by atoms with Gasteiger partial charge in [-0.15, -0.1) is 0 Å². The van der Waals surface area contributed by atoms with Gasteiger partial charge < -0.3 is 9.32 Å². The van der Waals surface area contributed by atoms with Gasteiger partial charge in [-0.1, -0.05) is 152 Å². The standard InChI is InChI=1S/C48H33NO/c1-3-10-34(11-4-1)37-22-28-41(29-23-37)49(42-30-24-38(25-31-42)35-12-5-2-6-13-35)43-32-26-39(27-33-43)36-18-20-40(21-19-36)44-15-9-17-47-48(44)45-14-7-8-16-46(45)50-47/h1-33H. The van der Waals surface area contributed by atoms with Crippen molar-refractivity contribution in [3.05, 3.63) is 200 Å². The molecule has 0 fully saturated rings. The zero-order valence-corrected chi connectivity index (χ0v) is 27.4. The SMILES string of the molecule is c1ccc(-c2ccc(N(c3ccc(-c4ccccc4)cc3)c3ccc(-c4ccc(-c5cccc6oc7ccccc7c56)cc4)cc3)cc2)cc1. The number of fused-ring (bicyclic) bond motifs is 3. The van der Waals surface area contributed by atoms with E-state index in [9.17, 15) is 0 Å². The van der Waals surface area contributed by atoms with Gasteiger partial charge in [0.1, 0.15) is 11.2 Å². The fourth-order valence-electron chi connectivity index (χ4n) is 6.97. The second kappa shape index (κ2) is 12.8. The zero-order chi connectivity index (χ0) is 33.3. The molecule has 2 heteroatoms. The van der Waals surface area contributed by atoms with E-state index in [1.165, 1.54) is 44.5 Å². The van der Waals surface area contributed by atoms with Gasteiger partial charge in [-0.2, -0.15) is 0 Å². The van der Waals surface area contributed by atoms with Crippen LogP contribution >= 0.6 is 0 Å². The maximum atomic E-state index is 6.15. The number of benzene rings is 8. The van der Waals surface area contributed by atoms with Crippen molar-refractivity contribution in [2.75, 3.05) is 4.90 Å². The average molecular weight is 640 g/mol. The van der Waals surface area contributed by atoms with Gasteiger partial charge in [0.05, 0.1) is 0 Å². The number of para-hydroxylation sites is 1. The third-order valence-electron chi connectivity index (χ3n) is 9.52. The molecule has 9 rings (SSSR count). The first-order chi connectivity index (χ1) is 24.8. The monoisotopic (exact) mass is 639 g/mol. The maximum absolute atomic E-state index is 6.15. The van der Waals surface area contributed by atoms with E-state index in [2.05, 4.69) is 187 Å². The summed E-state index contributed by atoms with van der Waals surface area (Å²) in [6.45, 7) is 0. The van der Waals surface area contributed by atoms with Crippen LogP contribution in [0.1, 0.15) is 0 Å². The summed E-state index contributed by atoms with van der Waals surface area (Å²) in [5.41, 5.74) is 14.7. The largest absolute Gasteiger partial charge is 0.456 e. The molecule has 0 N–H and O–H groups in total. The Kier molecular flexibility index (Phi) is 7.53. The Morgan fingerprint density at radius 2 is 0.660 bits per heavy atom. The summed E-state index contributed by atoms with van der Waals surface area (Å²) in [7, 11) is 0. The van der Waals surface area contributed by atoms with Gasteiger partial charge in [-0.3, -0.25) is 0 Å². The third kappa shape index (κ3) is 5.53. The van der Waals surface area contributed by atoms with E-state index in [4.69, 9.17) is 4.42 Å². The number of hydrogen-bond acceptors (Lipinski definition) is 2. The summed E-state index contributed by atoms with van der Waals surface area (Å²) in [6, 6.07) is 71.0. The average Bonchev–Trinajstić information content (AvgIpc) is 3.59. The highest BCUT2D eigenvalue weighted by Gasteiger charge is 2.15. The van der Waals surface area contributed by atoms with Crippen LogP contribution in [0.25, 0.3) is 66.4 Å². The summed E-state index contributed by atoms with van der Waals surface area (Å²) < 4.78 is 6.15. The molecular formula is C48H33NO. The van der Waals surface area contributed by atoms with Crippen LogP contribution in [-0.4, -0.2) is 0 Å². The van der Waals surface area contributed by atoms with Crippen molar-refractivity contribution >= 4 is 39.0 Å². The predicted molar refractivity (Wildman–Crippen MR) is 210 cm³/mol. The Labute approximate surface area is 292 Å². The van der Waals surface area contributed by atoms with E-state index in [0.717, 1.165) is 39.0 Å². The molecule has 0 spiro atoms. The fourth-order valence-corrected chi connectivity index (χ4v) is 6.97. The van der Waals surface area contributed by atoms with Gasteiger partial charge in [0.15, 0.2) is 0 Å². The van der Waals surface area contributed by atoms with Crippen molar-refractivity contribution < 1.29 is 4.42 Å². The van der Waals surface area contributed by atoms with Gasteiger partial charge >= 0.3 is 0 Å². The van der Waals surface area contributed by atoms with Crippen molar-refractivity contribution in [2.24, 2.45) is 0 Å². The molecular weight excluding hydrogens is 607 g/mol. The summed E-state index contributed by atoms with van der Waals surface area (Å²) in [5, 5.41) is 2.31. The summed E-state index contributed by atoms with van der Waals surface area (Å²) in [4.78, 5) is 2.33. The molecule has 0 bridgehead atoms. The minimum absolute atomic E-state index is 0.914. The summed E-state index contributed by atoms with van der Waals surface area (Å²) in [6.07, 6.45) is 0. The number of nitrogens with zero attached hydrogens (tertiary/aromatic N) is 1. The minimum Gasteiger partial charge on any atom is -0.456 e. The molecule has 2 nitrogen and oxygen atoms in total. The number of anilines is 3. The molecule has 0 amide bonds. The lowest BCUT2D eigenvalue weighted by Crippen LogP contribution is -2.09. The van der Waals surface area contributed by atoms with Crippen molar-refractivity contribution in [2.45, 2.75) is 0 Å². The van der Waals surface area contributed by atoms with Crippen LogP contribution in [0.3, 0.4) is 0 Å². The molecule has 0 saturated carbocycles. The fraction of sp³-hybridized carbons (Fsp3) is 0. The van der Waals surface area contributed by atoms with Gasteiger partial charge in [-0.25, -0.2) is 0 Å². The van der Waals surface area contributed by atoms with Gasteiger partial charge in [0, 0.05) is 27.8 Å². The van der Waals surface area contributed by atoms with Crippen LogP contribution in [0.4, 0.5) is 17.1 Å². The molecule has 0 atom stereocenters. The normalized spacial score (nSPS) is 11.2. The summed E-state index contributed by atoms with van der Waals surface area (Å²) in [5.74, 6) is 0. The van der Waals surface area contributed by atoms with Crippen LogP contribution in [0.5, 0.6) is 0 Å². The topological polar surface area (TPSA) is 16.4 Å². The highest BCUT2D eigenvalue weighted by molar-refractivity contribution is 6.12. The lowest BCUT2D eigenvalue weighted by atomic mass is 9.97. The highest BCUT2D eigenvalue weighted by atomic mass is 16.3. The molecule has 0 radical (unpaired) electrons. The molecule has 0 aliphatic rings. The maximum Gasteiger partial charge on any atom is 0.136 e. The van der Waals surface area contributed by atoms with E-state index in [0.29, 0.717) is 0 Å². The van der Waals surface area contributed by atoms with E-state index in [1.54, 1.807) is 0 Å². The van der Waals surface area contributed by atoms with Gasteiger partial charge in [-0.05, 0) is 93.0 Å². The molecule has 1 aromatic heterocycles. The van der Waals surface area contributed by atoms with Crippen molar-refractivity contribution in [3.8, 4) is 44.5 Å². The first kappa shape index (κ1) is 29.5. The van der Waals surface area contributed by atoms with Crippen LogP contribution in [0.2, 0.25) is 0 Å². The Hall–Kier alpha value is -6.64. The number of furan rings is 1. The van der Waals surface area contributed by atoms with Crippen LogP contribution < -0.4 is 4.90 Å². The molecule has 0 aliphatic heterocycles. The Morgan fingerprint density at radius 1 is 0.280 bits per heavy atom. The third-order valence-corrected chi connectivity index (χ3v) is 9.52. The van der Waals surface area contributed by atoms with Crippen LogP contribution in [0, 0.1) is 0 Å². The molecule has 1 heterocycles. The first-order valence-corrected chi connectivity index (χ1v) is 17.0. The van der Waals surface area contributed by atoms with E-state index < -0.39 is 0 Å². The van der Waals surface area contributed by atoms with E-state index >= 15 is 0 Å². The Morgan fingerprint density at radius 3 is 1.16 bits per heavy atom. The van der Waals surface area contributed by atoms with Crippen molar-refractivity contribution in [3.63, 3.8) is 0 Å². The first-order valence-electron chi connectivity index (χ1n) is 17.0. The van der Waals surface area contributed by atoms with Gasteiger partial charge in [0.25, 0.3) is 0 Å². The molecule has 9 aromatic rings. The highest BCUT2D eigenvalue weighted by Crippen LogP contribution is 2.39. The van der Waals surface area contributed by atoms with E-state index in [1.807, 2.05) is 18.2 Å². The molecule has 8 aromatic carbocycles. The lowest BCUT2D eigenvalue weighted by Gasteiger charge is -2.26. The van der Waals surface area contributed by atoms with Crippen molar-refractivity contribution in [1.29, 1.82) is 0 Å². The van der Waals surface area contributed by atoms with Crippen LogP contribution in [-0.2, 0) is 0 Å². The van der Waals surface area contributed by atoms with Crippen molar-refractivity contribution in [1.82, 2.24) is 0 Å². The Balaban J connectivity index is 1.04. The number of hydrogen-bond donors (Lipinski definition) is 0. The number of rotatable bonds is 7. The smallest absolute Gasteiger partial charge is 0.136 e. The second-order valence-corrected chi connectivity index (χ2v) is 12.6. The predicted octanol–water partition coefficient (Wildman–Crippen LogP) is 13.7. The van der Waals surface area contributed by atoms with Gasteiger partial charge in [0.2, 0.25) is 0 Å². The molecule has 0 saturated heterocycles. The molecule has 0 unspecified atom stereocenters. The second-order valence-electron chi connectivity index (χ2n) is 12.6. The molecule has 0 aliphatic carbocycles. The minimum atomic E-state index is 0.914. The molecule has 50 heavy (non-hydrogen) atoms. The van der Waals surface area contributed by atoms with Crippen LogP contribution in [0.15, 0.2) is 205 Å². The zero-order valence-electron chi connectivity index (χ0n) is 27.4. The summed E-state index contributed by atoms with van der Waals surface area (Å²) >= 11 is 0. The Bertz CT molecular complexity index is 2450.